The molecule has 0 aromatic heterocycles. The first-order valence-corrected chi connectivity index (χ1v) is 6.93. The van der Waals surface area contributed by atoms with Gasteiger partial charge >= 0.3 is 0 Å². The molecule has 0 spiro atoms. The Morgan fingerprint density at radius 3 is 3.11 bits per heavy atom. The second kappa shape index (κ2) is 6.29. The summed E-state index contributed by atoms with van der Waals surface area (Å²) in [6, 6.07) is 4.61. The Labute approximate surface area is 114 Å². The Kier molecular flexibility index (Phi) is 4.72. The topological polar surface area (TPSA) is 41.1 Å². The molecular formula is C13H16BrFN2O. The minimum atomic E-state index is -0.415. The van der Waals surface area contributed by atoms with Crippen LogP contribution in [0.5, 0.6) is 0 Å². The van der Waals surface area contributed by atoms with Gasteiger partial charge in [-0.3, -0.25) is 4.79 Å². The Hall–Kier alpha value is -0.940. The van der Waals surface area contributed by atoms with E-state index in [9.17, 15) is 9.18 Å². The van der Waals surface area contributed by atoms with Gasteiger partial charge in [-0.25, -0.2) is 4.39 Å². The molecule has 98 valence electrons. The molecule has 1 saturated heterocycles. The lowest BCUT2D eigenvalue weighted by Crippen LogP contribution is -2.41. The number of amides is 1. The maximum atomic E-state index is 13.3. The van der Waals surface area contributed by atoms with Gasteiger partial charge in [0.15, 0.2) is 0 Å². The first kappa shape index (κ1) is 13.5. The van der Waals surface area contributed by atoms with Gasteiger partial charge < -0.3 is 10.6 Å². The molecule has 0 bridgehead atoms. The van der Waals surface area contributed by atoms with Crippen LogP contribution in [0, 0.1) is 5.82 Å². The molecule has 1 atom stereocenters. The highest BCUT2D eigenvalue weighted by atomic mass is 79.9. The SMILES string of the molecule is O=C(NC1CCCCNC1)c1cccc(F)c1Br. The molecule has 1 aromatic carbocycles. The van der Waals surface area contributed by atoms with Gasteiger partial charge in [-0.05, 0) is 47.4 Å². The van der Waals surface area contributed by atoms with Crippen molar-refractivity contribution < 1.29 is 9.18 Å². The highest BCUT2D eigenvalue weighted by Gasteiger charge is 2.18. The van der Waals surface area contributed by atoms with Crippen molar-refractivity contribution in [3.8, 4) is 0 Å². The third-order valence-electron chi connectivity index (χ3n) is 3.08. The van der Waals surface area contributed by atoms with Gasteiger partial charge in [-0.1, -0.05) is 12.5 Å². The molecule has 1 aliphatic heterocycles. The lowest BCUT2D eigenvalue weighted by atomic mass is 10.1. The van der Waals surface area contributed by atoms with E-state index in [4.69, 9.17) is 0 Å². The van der Waals surface area contributed by atoms with Crippen molar-refractivity contribution in [2.24, 2.45) is 0 Å². The van der Waals surface area contributed by atoms with Crippen LogP contribution < -0.4 is 10.6 Å². The van der Waals surface area contributed by atoms with Crippen LogP contribution in [-0.2, 0) is 0 Å². The van der Waals surface area contributed by atoms with E-state index in [0.29, 0.717) is 5.56 Å². The molecule has 5 heteroatoms. The molecule has 1 unspecified atom stereocenters. The fraction of sp³-hybridized carbons (Fsp3) is 0.462. The maximum Gasteiger partial charge on any atom is 0.252 e. The van der Waals surface area contributed by atoms with E-state index in [2.05, 4.69) is 26.6 Å². The number of halogens is 2. The molecule has 18 heavy (non-hydrogen) atoms. The summed E-state index contributed by atoms with van der Waals surface area (Å²) in [7, 11) is 0. The number of benzene rings is 1. The van der Waals surface area contributed by atoms with E-state index in [-0.39, 0.29) is 16.4 Å². The van der Waals surface area contributed by atoms with Gasteiger partial charge in [-0.15, -0.1) is 0 Å². The number of carbonyl (C=O) groups is 1. The van der Waals surface area contributed by atoms with Crippen molar-refractivity contribution in [2.75, 3.05) is 13.1 Å². The van der Waals surface area contributed by atoms with E-state index in [1.807, 2.05) is 0 Å². The molecule has 2 N–H and O–H groups in total. The van der Waals surface area contributed by atoms with Gasteiger partial charge in [0.2, 0.25) is 0 Å². The predicted molar refractivity (Wildman–Crippen MR) is 72.1 cm³/mol. The number of rotatable bonds is 2. The van der Waals surface area contributed by atoms with E-state index in [1.54, 1.807) is 12.1 Å². The van der Waals surface area contributed by atoms with Gasteiger partial charge in [-0.2, -0.15) is 0 Å². The van der Waals surface area contributed by atoms with E-state index in [0.717, 1.165) is 32.4 Å². The molecule has 0 saturated carbocycles. The summed E-state index contributed by atoms with van der Waals surface area (Å²) in [5.41, 5.74) is 0.347. The maximum absolute atomic E-state index is 13.3. The van der Waals surface area contributed by atoms with Crippen LogP contribution in [-0.4, -0.2) is 25.0 Å². The Bertz CT molecular complexity index is 431. The monoisotopic (exact) mass is 314 g/mol. The van der Waals surface area contributed by atoms with E-state index in [1.165, 1.54) is 6.07 Å². The molecule has 1 amide bonds. The van der Waals surface area contributed by atoms with Crippen molar-refractivity contribution >= 4 is 21.8 Å². The van der Waals surface area contributed by atoms with Gasteiger partial charge in [0.05, 0.1) is 10.0 Å². The predicted octanol–water partition coefficient (Wildman–Crippen LogP) is 2.46. The molecule has 3 nitrogen and oxygen atoms in total. The fourth-order valence-corrected chi connectivity index (χ4v) is 2.53. The zero-order chi connectivity index (χ0) is 13.0. The van der Waals surface area contributed by atoms with Crippen LogP contribution in [0.4, 0.5) is 4.39 Å². The fourth-order valence-electron chi connectivity index (χ4n) is 2.08. The molecule has 2 rings (SSSR count). The standard InChI is InChI=1S/C13H16BrFN2O/c14-12-10(5-3-6-11(12)15)13(18)17-9-4-1-2-7-16-8-9/h3,5-6,9,16H,1-2,4,7-8H2,(H,17,18). The molecule has 1 aromatic rings. The summed E-state index contributed by atoms with van der Waals surface area (Å²) in [6.07, 6.45) is 3.20. The minimum absolute atomic E-state index is 0.121. The van der Waals surface area contributed by atoms with Crippen molar-refractivity contribution in [1.29, 1.82) is 0 Å². The molecule has 1 heterocycles. The van der Waals surface area contributed by atoms with Gasteiger partial charge in [0.25, 0.3) is 5.91 Å². The average Bonchev–Trinajstić information content (AvgIpc) is 2.61. The summed E-state index contributed by atoms with van der Waals surface area (Å²) in [5, 5.41) is 6.22. The van der Waals surface area contributed by atoms with E-state index >= 15 is 0 Å². The second-order valence-corrected chi connectivity index (χ2v) is 5.26. The smallest absolute Gasteiger partial charge is 0.252 e. The number of nitrogens with one attached hydrogen (secondary N) is 2. The largest absolute Gasteiger partial charge is 0.348 e. The third kappa shape index (κ3) is 3.29. The van der Waals surface area contributed by atoms with Crippen LogP contribution >= 0.6 is 15.9 Å². The summed E-state index contributed by atoms with van der Waals surface area (Å²) in [4.78, 5) is 12.1. The molecule has 1 aliphatic rings. The first-order valence-electron chi connectivity index (χ1n) is 6.14. The van der Waals surface area contributed by atoms with Crippen LogP contribution in [0.1, 0.15) is 29.6 Å². The first-order chi connectivity index (χ1) is 8.68. The lowest BCUT2D eigenvalue weighted by Gasteiger charge is -2.17. The summed E-state index contributed by atoms with van der Waals surface area (Å²) in [5.74, 6) is -0.642. The number of hydrogen-bond donors (Lipinski definition) is 2. The normalized spacial score (nSPS) is 20.2. The van der Waals surface area contributed by atoms with Crippen LogP contribution in [0.2, 0.25) is 0 Å². The second-order valence-electron chi connectivity index (χ2n) is 4.47. The average molecular weight is 315 g/mol. The summed E-state index contributed by atoms with van der Waals surface area (Å²) >= 11 is 3.11. The molecule has 0 radical (unpaired) electrons. The highest BCUT2D eigenvalue weighted by molar-refractivity contribution is 9.10. The molecular weight excluding hydrogens is 299 g/mol. The van der Waals surface area contributed by atoms with Crippen molar-refractivity contribution in [1.82, 2.24) is 10.6 Å². The molecule has 0 aliphatic carbocycles. The minimum Gasteiger partial charge on any atom is -0.348 e. The Morgan fingerprint density at radius 1 is 1.44 bits per heavy atom. The summed E-state index contributed by atoms with van der Waals surface area (Å²) < 4.78 is 13.6. The Morgan fingerprint density at radius 2 is 2.28 bits per heavy atom. The van der Waals surface area contributed by atoms with Gasteiger partial charge in [0.1, 0.15) is 5.82 Å². The quantitative estimate of drug-likeness (QED) is 0.880. The molecule has 1 fully saturated rings. The number of carbonyl (C=O) groups excluding carboxylic acids is 1. The Balaban J connectivity index is 2.04. The summed E-state index contributed by atoms with van der Waals surface area (Å²) in [6.45, 7) is 1.77. The van der Waals surface area contributed by atoms with Crippen molar-refractivity contribution in [3.05, 3.63) is 34.1 Å². The zero-order valence-corrected chi connectivity index (χ0v) is 11.6. The van der Waals surface area contributed by atoms with Crippen molar-refractivity contribution in [2.45, 2.75) is 25.3 Å². The van der Waals surface area contributed by atoms with Crippen LogP contribution in [0.25, 0.3) is 0 Å². The number of hydrogen-bond acceptors (Lipinski definition) is 2. The van der Waals surface area contributed by atoms with E-state index < -0.39 is 5.82 Å². The highest BCUT2D eigenvalue weighted by Crippen LogP contribution is 2.20. The van der Waals surface area contributed by atoms with Crippen LogP contribution in [0.3, 0.4) is 0 Å². The zero-order valence-electron chi connectivity index (χ0n) is 10.0. The lowest BCUT2D eigenvalue weighted by molar-refractivity contribution is 0.0934. The third-order valence-corrected chi connectivity index (χ3v) is 3.88. The van der Waals surface area contributed by atoms with Crippen molar-refractivity contribution in [3.63, 3.8) is 0 Å². The van der Waals surface area contributed by atoms with Crippen LogP contribution in [0.15, 0.2) is 22.7 Å². The van der Waals surface area contributed by atoms with Gasteiger partial charge in [0, 0.05) is 12.6 Å².